The number of nitrogens with one attached hydrogen (secondary N) is 4. The van der Waals surface area contributed by atoms with Crippen molar-refractivity contribution in [3.63, 3.8) is 0 Å². The summed E-state index contributed by atoms with van der Waals surface area (Å²) in [5, 5.41) is 12.1. The lowest BCUT2D eigenvalue weighted by Crippen LogP contribution is -2.40. The predicted molar refractivity (Wildman–Crippen MR) is 123 cm³/mol. The summed E-state index contributed by atoms with van der Waals surface area (Å²) in [5.41, 5.74) is 2.63. The number of rotatable bonds is 6. The number of amides is 2. The second-order valence-electron chi connectivity index (χ2n) is 7.76. The molecule has 0 bridgehead atoms. The fourth-order valence-electron chi connectivity index (χ4n) is 3.42. The van der Waals surface area contributed by atoms with Crippen LogP contribution in [0.5, 0.6) is 0 Å². The average Bonchev–Trinajstić information content (AvgIpc) is 2.75. The summed E-state index contributed by atoms with van der Waals surface area (Å²) in [6, 6.07) is 13.1. The molecule has 3 aromatic rings. The van der Waals surface area contributed by atoms with E-state index in [1.165, 1.54) is 0 Å². The lowest BCUT2D eigenvalue weighted by atomic mass is 9.98. The van der Waals surface area contributed by atoms with Gasteiger partial charge in [0.05, 0.1) is 5.92 Å². The maximum Gasteiger partial charge on any atom is 0.229 e. The van der Waals surface area contributed by atoms with E-state index in [-0.39, 0.29) is 17.7 Å². The van der Waals surface area contributed by atoms with Gasteiger partial charge in [-0.25, -0.2) is 15.0 Å². The highest BCUT2D eigenvalue weighted by molar-refractivity contribution is 5.94. The summed E-state index contributed by atoms with van der Waals surface area (Å²) in [6.45, 7) is 4.21. The fourth-order valence-corrected chi connectivity index (χ4v) is 3.42. The van der Waals surface area contributed by atoms with Crippen LogP contribution in [0.15, 0.2) is 48.7 Å². The first-order chi connectivity index (χ1) is 15.4. The highest BCUT2D eigenvalue weighted by atomic mass is 16.2. The van der Waals surface area contributed by atoms with Crippen molar-refractivity contribution in [2.24, 2.45) is 5.92 Å². The number of aromatic nitrogens is 3. The van der Waals surface area contributed by atoms with E-state index < -0.39 is 0 Å². The van der Waals surface area contributed by atoms with Crippen LogP contribution in [0.4, 0.5) is 28.8 Å². The Bertz CT molecular complexity index is 1120. The minimum atomic E-state index is -0.205. The van der Waals surface area contributed by atoms with Crippen LogP contribution in [0.3, 0.4) is 0 Å². The van der Waals surface area contributed by atoms with E-state index in [9.17, 15) is 9.59 Å². The molecular weight excluding hydrogens is 406 g/mol. The molecule has 0 aliphatic carbocycles. The van der Waals surface area contributed by atoms with Gasteiger partial charge in [0.2, 0.25) is 11.8 Å². The Hall–Kier alpha value is -4.01. The first-order valence-corrected chi connectivity index (χ1v) is 10.4. The van der Waals surface area contributed by atoms with Crippen LogP contribution in [-0.4, -0.2) is 33.3 Å². The Morgan fingerprint density at radius 2 is 1.69 bits per heavy atom. The summed E-state index contributed by atoms with van der Waals surface area (Å²) in [5.74, 6) is 2.32. The van der Waals surface area contributed by atoms with Crippen molar-refractivity contribution in [1.29, 1.82) is 0 Å². The molecule has 1 aromatic carbocycles. The van der Waals surface area contributed by atoms with Gasteiger partial charge in [-0.05, 0) is 62.2 Å². The molecule has 0 spiro atoms. The van der Waals surface area contributed by atoms with Crippen LogP contribution in [0.1, 0.15) is 24.2 Å². The molecule has 3 heterocycles. The topological polar surface area (TPSA) is 121 Å². The third-order valence-corrected chi connectivity index (χ3v) is 5.07. The van der Waals surface area contributed by atoms with Crippen molar-refractivity contribution < 1.29 is 9.59 Å². The van der Waals surface area contributed by atoms with Gasteiger partial charge >= 0.3 is 0 Å². The molecule has 2 amide bonds. The number of carbonyl (C=O) groups is 2. The van der Waals surface area contributed by atoms with E-state index in [1.807, 2.05) is 56.3 Å². The predicted octanol–water partition coefficient (Wildman–Crippen LogP) is 3.44. The van der Waals surface area contributed by atoms with Crippen molar-refractivity contribution in [2.45, 2.75) is 26.7 Å². The van der Waals surface area contributed by atoms with Crippen molar-refractivity contribution in [3.8, 4) is 0 Å². The van der Waals surface area contributed by atoms with Gasteiger partial charge in [0.25, 0.3) is 0 Å². The van der Waals surface area contributed by atoms with Crippen LogP contribution >= 0.6 is 0 Å². The molecule has 1 atom stereocenters. The van der Waals surface area contributed by atoms with E-state index in [0.29, 0.717) is 48.4 Å². The Morgan fingerprint density at radius 1 is 0.969 bits per heavy atom. The minimum Gasteiger partial charge on any atom is -0.355 e. The third-order valence-electron chi connectivity index (χ3n) is 5.07. The van der Waals surface area contributed by atoms with Gasteiger partial charge in [-0.3, -0.25) is 9.59 Å². The van der Waals surface area contributed by atoms with E-state index in [1.54, 1.807) is 6.20 Å². The van der Waals surface area contributed by atoms with Crippen LogP contribution in [0, 0.1) is 19.8 Å². The first-order valence-electron chi connectivity index (χ1n) is 10.4. The molecule has 32 heavy (non-hydrogen) atoms. The van der Waals surface area contributed by atoms with Gasteiger partial charge in [-0.15, -0.1) is 0 Å². The zero-order chi connectivity index (χ0) is 22.5. The second-order valence-corrected chi connectivity index (χ2v) is 7.76. The molecule has 9 heteroatoms. The monoisotopic (exact) mass is 431 g/mol. The van der Waals surface area contributed by atoms with E-state index >= 15 is 0 Å². The number of nitrogens with zero attached hydrogens (tertiary/aromatic N) is 3. The van der Waals surface area contributed by atoms with Gasteiger partial charge in [0, 0.05) is 36.6 Å². The highest BCUT2D eigenvalue weighted by Gasteiger charge is 2.24. The van der Waals surface area contributed by atoms with Crippen LogP contribution in [0.2, 0.25) is 0 Å². The first kappa shape index (κ1) is 21.2. The lowest BCUT2D eigenvalue weighted by Gasteiger charge is -2.21. The smallest absolute Gasteiger partial charge is 0.229 e. The maximum absolute atomic E-state index is 12.4. The van der Waals surface area contributed by atoms with Gasteiger partial charge in [-0.1, -0.05) is 0 Å². The molecule has 4 N–H and O–H groups in total. The Morgan fingerprint density at radius 3 is 2.38 bits per heavy atom. The van der Waals surface area contributed by atoms with E-state index in [2.05, 4.69) is 36.2 Å². The van der Waals surface area contributed by atoms with Crippen LogP contribution < -0.4 is 21.3 Å². The van der Waals surface area contributed by atoms with Gasteiger partial charge in [-0.2, -0.15) is 0 Å². The van der Waals surface area contributed by atoms with Gasteiger partial charge in [0.15, 0.2) is 0 Å². The Balaban J connectivity index is 1.39. The lowest BCUT2D eigenvalue weighted by molar-refractivity contribution is -0.126. The van der Waals surface area contributed by atoms with Crippen LogP contribution in [-0.2, 0) is 9.59 Å². The Labute approximate surface area is 186 Å². The number of piperidine rings is 1. The normalized spacial score (nSPS) is 15.6. The standard InChI is InChI=1S/C23H25N7O2/c1-14-9-10-24-19(11-14)30-21-12-20(26-15(2)27-21)28-17-4-6-18(7-5-17)29-23(32)16-3-8-22(31)25-13-16/h4-7,9-12,16H,3,8,13H2,1-2H3,(H,25,31)(H,29,32)(H2,24,26,27,28,30). The Kier molecular flexibility index (Phi) is 6.25. The molecule has 1 fully saturated rings. The van der Waals surface area contributed by atoms with E-state index in [4.69, 9.17) is 0 Å². The van der Waals surface area contributed by atoms with Gasteiger partial charge < -0.3 is 21.3 Å². The average molecular weight is 432 g/mol. The minimum absolute atomic E-state index is 0.00191. The highest BCUT2D eigenvalue weighted by Crippen LogP contribution is 2.22. The summed E-state index contributed by atoms with van der Waals surface area (Å²) in [6.07, 6.45) is 2.70. The number of carbonyl (C=O) groups excluding carboxylic acids is 2. The molecule has 2 aromatic heterocycles. The van der Waals surface area contributed by atoms with Gasteiger partial charge in [0.1, 0.15) is 23.3 Å². The molecule has 4 rings (SSSR count). The van der Waals surface area contributed by atoms with E-state index in [0.717, 1.165) is 11.3 Å². The molecule has 1 aliphatic heterocycles. The zero-order valence-electron chi connectivity index (χ0n) is 18.0. The van der Waals surface area contributed by atoms with Crippen molar-refractivity contribution in [1.82, 2.24) is 20.3 Å². The number of benzene rings is 1. The third kappa shape index (κ3) is 5.57. The van der Waals surface area contributed by atoms with Crippen molar-refractivity contribution in [2.75, 3.05) is 22.5 Å². The maximum atomic E-state index is 12.4. The molecule has 164 valence electrons. The molecular formula is C23H25N7O2. The second kappa shape index (κ2) is 9.42. The zero-order valence-corrected chi connectivity index (χ0v) is 18.0. The quantitative estimate of drug-likeness (QED) is 0.472. The number of pyridine rings is 1. The summed E-state index contributed by atoms with van der Waals surface area (Å²) in [4.78, 5) is 36.8. The van der Waals surface area contributed by atoms with Crippen molar-refractivity contribution in [3.05, 3.63) is 60.0 Å². The molecule has 0 radical (unpaired) electrons. The summed E-state index contributed by atoms with van der Waals surface area (Å²) >= 11 is 0. The molecule has 1 saturated heterocycles. The summed E-state index contributed by atoms with van der Waals surface area (Å²) < 4.78 is 0. The molecule has 0 saturated carbocycles. The van der Waals surface area contributed by atoms with Crippen molar-refractivity contribution >= 4 is 40.6 Å². The van der Waals surface area contributed by atoms with Crippen LogP contribution in [0.25, 0.3) is 0 Å². The number of hydrogen-bond acceptors (Lipinski definition) is 7. The summed E-state index contributed by atoms with van der Waals surface area (Å²) in [7, 11) is 0. The molecule has 9 nitrogen and oxygen atoms in total. The fraction of sp³-hybridized carbons (Fsp3) is 0.261. The molecule has 1 unspecified atom stereocenters. The number of aryl methyl sites for hydroxylation is 2. The number of hydrogen-bond donors (Lipinski definition) is 4. The SMILES string of the molecule is Cc1ccnc(Nc2cc(Nc3ccc(NC(=O)C4CCC(=O)NC4)cc3)nc(C)n2)c1. The number of anilines is 5. The largest absolute Gasteiger partial charge is 0.355 e. The molecule has 1 aliphatic rings.